The molecule has 1 unspecified atom stereocenters. The van der Waals surface area contributed by atoms with Crippen LogP contribution in [-0.2, 0) is 12.6 Å². The van der Waals surface area contributed by atoms with E-state index >= 15 is 0 Å². The third kappa shape index (κ3) is 5.75. The lowest BCUT2D eigenvalue weighted by Crippen LogP contribution is -2.23. The molecule has 3 rings (SSSR count). The number of rotatable bonds is 7. The van der Waals surface area contributed by atoms with Gasteiger partial charge in [0.15, 0.2) is 0 Å². The van der Waals surface area contributed by atoms with Gasteiger partial charge in [-0.3, -0.25) is 4.79 Å². The predicted octanol–water partition coefficient (Wildman–Crippen LogP) is 3.93. The minimum atomic E-state index is -4.35. The number of phenols is 1. The lowest BCUT2D eigenvalue weighted by molar-refractivity contribution is -0.137. The van der Waals surface area contributed by atoms with Crippen molar-refractivity contribution < 1.29 is 23.4 Å². The summed E-state index contributed by atoms with van der Waals surface area (Å²) in [5, 5.41) is 24.0. The molecular weight excluding hydrogens is 421 g/mol. The third-order valence-corrected chi connectivity index (χ3v) is 4.68. The minimum absolute atomic E-state index is 0. The zero-order valence-corrected chi connectivity index (χ0v) is 16.7. The number of aromatic hydroxyl groups is 1. The lowest BCUT2D eigenvalue weighted by Gasteiger charge is -2.15. The van der Waals surface area contributed by atoms with E-state index in [4.69, 9.17) is 0 Å². The van der Waals surface area contributed by atoms with Crippen molar-refractivity contribution in [1.29, 1.82) is 0 Å². The van der Waals surface area contributed by atoms with Crippen LogP contribution in [0.25, 0.3) is 10.9 Å². The quantitative estimate of drug-likeness (QED) is 0.418. The zero-order valence-electron chi connectivity index (χ0n) is 15.9. The Morgan fingerprint density at radius 3 is 2.60 bits per heavy atom. The number of aliphatic hydroxyl groups excluding tert-OH is 1. The van der Waals surface area contributed by atoms with Crippen molar-refractivity contribution in [2.24, 2.45) is 0 Å². The number of halogens is 4. The van der Waals surface area contributed by atoms with Crippen LogP contribution in [0.4, 0.5) is 13.2 Å². The molecule has 2 aromatic carbocycles. The van der Waals surface area contributed by atoms with Crippen LogP contribution in [0, 0.1) is 0 Å². The van der Waals surface area contributed by atoms with Crippen LogP contribution in [0.1, 0.15) is 29.2 Å². The summed E-state index contributed by atoms with van der Waals surface area (Å²) in [6, 6.07) is 11.1. The molecule has 1 aromatic heterocycles. The number of H-pyrrole nitrogens is 1. The first kappa shape index (κ1) is 23.7. The summed E-state index contributed by atoms with van der Waals surface area (Å²) in [5.74, 6) is -0.0808. The molecule has 0 aliphatic heterocycles. The molecule has 0 radical (unpaired) electrons. The molecule has 0 bridgehead atoms. The largest absolute Gasteiger partial charge is 0.506 e. The number of aliphatic hydroxyl groups is 1. The number of aryl methyl sites for hydroxylation is 1. The molecule has 30 heavy (non-hydrogen) atoms. The number of aromatic amines is 1. The average Bonchev–Trinajstić information content (AvgIpc) is 2.68. The van der Waals surface area contributed by atoms with Gasteiger partial charge in [0.05, 0.1) is 17.2 Å². The SMILES string of the molecule is Cl.O=c1ccc2c(C(O)CNCCCc3cccc(C(F)(F)F)c3)ccc(O)c2[nH]1. The van der Waals surface area contributed by atoms with Crippen LogP contribution >= 0.6 is 12.4 Å². The molecule has 0 saturated heterocycles. The first-order valence-electron chi connectivity index (χ1n) is 9.15. The fourth-order valence-corrected chi connectivity index (χ4v) is 3.22. The van der Waals surface area contributed by atoms with Gasteiger partial charge in [0, 0.05) is 18.0 Å². The summed E-state index contributed by atoms with van der Waals surface area (Å²) >= 11 is 0. The minimum Gasteiger partial charge on any atom is -0.506 e. The monoisotopic (exact) mass is 442 g/mol. The number of fused-ring (bicyclic) bond motifs is 1. The molecule has 0 fully saturated rings. The Morgan fingerprint density at radius 2 is 1.87 bits per heavy atom. The standard InChI is InChI=1S/C21H21F3N2O3.ClH/c22-21(23,24)14-5-1-3-13(11-14)4-2-10-25-12-18(28)15-6-8-17(27)20-16(15)7-9-19(29)26-20;/h1,3,5-9,11,18,25,27-28H,2,4,10,12H2,(H,26,29);1H. The molecule has 4 N–H and O–H groups in total. The average molecular weight is 443 g/mol. The van der Waals surface area contributed by atoms with Crippen LogP contribution in [0.2, 0.25) is 0 Å². The number of aromatic nitrogens is 1. The third-order valence-electron chi connectivity index (χ3n) is 4.68. The fourth-order valence-electron chi connectivity index (χ4n) is 3.22. The van der Waals surface area contributed by atoms with Gasteiger partial charge >= 0.3 is 6.18 Å². The summed E-state index contributed by atoms with van der Waals surface area (Å²) in [7, 11) is 0. The normalized spacial score (nSPS) is 12.5. The Kier molecular flexibility index (Phi) is 7.89. The summed E-state index contributed by atoms with van der Waals surface area (Å²) in [5.41, 5.74) is 0.413. The highest BCUT2D eigenvalue weighted by Crippen LogP contribution is 2.30. The van der Waals surface area contributed by atoms with E-state index in [2.05, 4.69) is 10.3 Å². The van der Waals surface area contributed by atoms with Gasteiger partial charge in [-0.1, -0.05) is 24.3 Å². The van der Waals surface area contributed by atoms with Gasteiger partial charge in [0.2, 0.25) is 5.56 Å². The second-order valence-electron chi connectivity index (χ2n) is 6.81. The summed E-state index contributed by atoms with van der Waals surface area (Å²) < 4.78 is 38.2. The Hall–Kier alpha value is -2.55. The van der Waals surface area contributed by atoms with Crippen molar-refractivity contribution in [1.82, 2.24) is 10.3 Å². The van der Waals surface area contributed by atoms with Gasteiger partial charge in [0.25, 0.3) is 0 Å². The summed E-state index contributed by atoms with van der Waals surface area (Å²) in [6.45, 7) is 0.738. The van der Waals surface area contributed by atoms with Gasteiger partial charge in [-0.25, -0.2) is 0 Å². The molecular formula is C21H22ClF3N2O3. The number of hydrogen-bond donors (Lipinski definition) is 4. The Morgan fingerprint density at radius 1 is 1.10 bits per heavy atom. The van der Waals surface area contributed by atoms with Crippen molar-refractivity contribution in [3.8, 4) is 5.75 Å². The topological polar surface area (TPSA) is 85.3 Å². The van der Waals surface area contributed by atoms with E-state index in [0.29, 0.717) is 35.9 Å². The van der Waals surface area contributed by atoms with Crippen molar-refractivity contribution in [3.05, 3.63) is 75.6 Å². The van der Waals surface area contributed by atoms with E-state index in [1.807, 2.05) is 0 Å². The second-order valence-corrected chi connectivity index (χ2v) is 6.81. The molecule has 0 saturated carbocycles. The van der Waals surface area contributed by atoms with E-state index in [1.54, 1.807) is 18.2 Å². The first-order valence-corrected chi connectivity index (χ1v) is 9.15. The highest BCUT2D eigenvalue weighted by molar-refractivity contribution is 5.87. The molecule has 3 aromatic rings. The Balaban J connectivity index is 0.00000320. The lowest BCUT2D eigenvalue weighted by atomic mass is 10.0. The maximum absolute atomic E-state index is 12.7. The zero-order chi connectivity index (χ0) is 21.0. The first-order chi connectivity index (χ1) is 13.8. The van der Waals surface area contributed by atoms with E-state index in [-0.39, 0.29) is 35.8 Å². The number of benzene rings is 2. The molecule has 5 nitrogen and oxygen atoms in total. The van der Waals surface area contributed by atoms with Gasteiger partial charge in [-0.15, -0.1) is 12.4 Å². The number of pyridine rings is 1. The molecule has 0 amide bonds. The Bertz CT molecular complexity index is 1050. The highest BCUT2D eigenvalue weighted by atomic mass is 35.5. The number of hydrogen-bond acceptors (Lipinski definition) is 4. The van der Waals surface area contributed by atoms with Crippen molar-refractivity contribution in [2.75, 3.05) is 13.1 Å². The number of alkyl halides is 3. The van der Waals surface area contributed by atoms with Crippen LogP contribution < -0.4 is 10.9 Å². The van der Waals surface area contributed by atoms with E-state index in [1.165, 1.54) is 18.2 Å². The maximum atomic E-state index is 12.7. The summed E-state index contributed by atoms with van der Waals surface area (Å²) in [6.07, 6.45) is -4.14. The van der Waals surface area contributed by atoms with E-state index < -0.39 is 17.8 Å². The van der Waals surface area contributed by atoms with Crippen molar-refractivity contribution >= 4 is 23.3 Å². The predicted molar refractivity (Wildman–Crippen MR) is 111 cm³/mol. The van der Waals surface area contributed by atoms with E-state index in [9.17, 15) is 28.2 Å². The van der Waals surface area contributed by atoms with E-state index in [0.717, 1.165) is 12.1 Å². The molecule has 1 atom stereocenters. The van der Waals surface area contributed by atoms with Crippen LogP contribution in [-0.4, -0.2) is 28.3 Å². The fraction of sp³-hybridized carbons (Fsp3) is 0.286. The molecule has 9 heteroatoms. The number of phenolic OH excluding ortho intramolecular Hbond substituents is 1. The van der Waals surface area contributed by atoms with Gasteiger partial charge in [0.1, 0.15) is 5.75 Å². The molecule has 162 valence electrons. The smallest absolute Gasteiger partial charge is 0.416 e. The molecule has 1 heterocycles. The van der Waals surface area contributed by atoms with Gasteiger partial charge in [-0.2, -0.15) is 13.2 Å². The highest BCUT2D eigenvalue weighted by Gasteiger charge is 2.30. The van der Waals surface area contributed by atoms with Crippen LogP contribution in [0.3, 0.4) is 0 Å². The maximum Gasteiger partial charge on any atom is 0.416 e. The van der Waals surface area contributed by atoms with Gasteiger partial charge in [-0.05, 0) is 48.7 Å². The Labute approximate surface area is 177 Å². The molecule has 0 aliphatic carbocycles. The molecule has 0 spiro atoms. The van der Waals surface area contributed by atoms with Crippen LogP contribution in [0.15, 0.2) is 53.3 Å². The van der Waals surface area contributed by atoms with Crippen molar-refractivity contribution in [2.45, 2.75) is 25.1 Å². The summed E-state index contributed by atoms with van der Waals surface area (Å²) in [4.78, 5) is 14.0. The van der Waals surface area contributed by atoms with Crippen molar-refractivity contribution in [3.63, 3.8) is 0 Å². The molecule has 0 aliphatic rings. The van der Waals surface area contributed by atoms with Gasteiger partial charge < -0.3 is 20.5 Å². The number of nitrogens with one attached hydrogen (secondary N) is 2. The second kappa shape index (κ2) is 9.97. The van der Waals surface area contributed by atoms with Crippen LogP contribution in [0.5, 0.6) is 5.75 Å².